The smallest absolute Gasteiger partial charge is 0.464 e. The lowest BCUT2D eigenvalue weighted by Crippen LogP contribution is -2.25. The van der Waals surface area contributed by atoms with Crippen LogP contribution in [0.25, 0.3) is 0 Å². The van der Waals surface area contributed by atoms with Gasteiger partial charge in [0.2, 0.25) is 0 Å². The number of methoxy groups -OCH3 is 1. The molecular weight excluding hydrogens is 259 g/mol. The Labute approximate surface area is 95.1 Å². The highest BCUT2D eigenvalue weighted by Crippen LogP contribution is 2.32. The van der Waals surface area contributed by atoms with E-state index in [9.17, 15) is 17.8 Å². The van der Waals surface area contributed by atoms with E-state index in [1.165, 1.54) is 0 Å². The summed E-state index contributed by atoms with van der Waals surface area (Å²) in [6.07, 6.45) is 1.32. The largest absolute Gasteiger partial charge is 0.554 e. The molecule has 0 spiro atoms. The molecule has 0 N–H and O–H groups in total. The normalized spacial score (nSPS) is 14.3. The van der Waals surface area contributed by atoms with Crippen molar-refractivity contribution in [2.75, 3.05) is 20.0 Å². The van der Waals surface area contributed by atoms with Gasteiger partial charge >= 0.3 is 19.8 Å². The average molecular weight is 273 g/mol. The first-order valence-electron chi connectivity index (χ1n) is 4.37. The Balaban J connectivity index is 4.67. The number of ether oxygens (including phenoxy) is 1. The van der Waals surface area contributed by atoms with Crippen LogP contribution in [0.1, 0.15) is 13.3 Å². The predicted molar refractivity (Wildman–Crippen MR) is 55.6 cm³/mol. The Hall–Kier alpha value is -0.560. The van der Waals surface area contributed by atoms with Gasteiger partial charge in [0.25, 0.3) is 10.1 Å². The monoisotopic (exact) mass is 273 g/mol. The van der Waals surface area contributed by atoms with Crippen molar-refractivity contribution in [3.63, 3.8) is 0 Å². The standard InChI is InChI=1S/C7H14O7PS/c1-4-5-13-15(9)7(6(8)12-2)14-16(3,10)11/h7H,4-5H2,1-3H3/q+1. The van der Waals surface area contributed by atoms with Crippen LogP contribution in [0.3, 0.4) is 0 Å². The topological polar surface area (TPSA) is 96.0 Å². The van der Waals surface area contributed by atoms with Crippen LogP contribution in [0.4, 0.5) is 0 Å². The van der Waals surface area contributed by atoms with E-state index in [1.807, 2.05) is 0 Å². The van der Waals surface area contributed by atoms with E-state index in [0.717, 1.165) is 13.4 Å². The summed E-state index contributed by atoms with van der Waals surface area (Å²) in [6, 6.07) is 0. The van der Waals surface area contributed by atoms with E-state index < -0.39 is 30.0 Å². The highest BCUT2D eigenvalue weighted by atomic mass is 32.2. The fourth-order valence-electron chi connectivity index (χ4n) is 0.676. The third-order valence-corrected chi connectivity index (χ3v) is 3.10. The van der Waals surface area contributed by atoms with Gasteiger partial charge in [-0.05, 0) is 11.0 Å². The van der Waals surface area contributed by atoms with E-state index in [4.69, 9.17) is 4.52 Å². The molecule has 0 aliphatic rings. The fraction of sp³-hybridized carbons (Fsp3) is 0.857. The van der Waals surface area contributed by atoms with E-state index in [2.05, 4.69) is 8.92 Å². The number of rotatable bonds is 7. The predicted octanol–water partition coefficient (Wildman–Crippen LogP) is 0.631. The van der Waals surface area contributed by atoms with Crippen LogP contribution >= 0.6 is 8.03 Å². The molecule has 0 radical (unpaired) electrons. The first-order chi connectivity index (χ1) is 7.31. The molecule has 9 heteroatoms. The molecule has 0 saturated heterocycles. The van der Waals surface area contributed by atoms with E-state index in [-0.39, 0.29) is 6.61 Å². The van der Waals surface area contributed by atoms with Crippen LogP contribution in [0.2, 0.25) is 0 Å². The minimum Gasteiger partial charge on any atom is -0.464 e. The van der Waals surface area contributed by atoms with Crippen molar-refractivity contribution in [1.82, 2.24) is 0 Å². The van der Waals surface area contributed by atoms with Crippen LogP contribution in [0.15, 0.2) is 0 Å². The molecule has 0 aromatic carbocycles. The highest BCUT2D eigenvalue weighted by Gasteiger charge is 2.45. The van der Waals surface area contributed by atoms with Crippen LogP contribution < -0.4 is 0 Å². The van der Waals surface area contributed by atoms with Gasteiger partial charge in [0.1, 0.15) is 6.61 Å². The summed E-state index contributed by atoms with van der Waals surface area (Å²) >= 11 is 0. The van der Waals surface area contributed by atoms with Crippen LogP contribution in [0.5, 0.6) is 0 Å². The second-order valence-electron chi connectivity index (χ2n) is 2.79. The summed E-state index contributed by atoms with van der Waals surface area (Å²) in [5, 5.41) is 0. The van der Waals surface area contributed by atoms with Crippen molar-refractivity contribution in [1.29, 1.82) is 0 Å². The van der Waals surface area contributed by atoms with Crippen molar-refractivity contribution in [3.8, 4) is 0 Å². The SMILES string of the molecule is CCCO[P+](=O)C(OS(C)(=O)=O)C(=O)OC. The molecule has 94 valence electrons. The molecule has 0 amide bonds. The molecule has 0 aromatic heterocycles. The fourth-order valence-corrected chi connectivity index (χ4v) is 2.61. The molecule has 0 saturated carbocycles. The van der Waals surface area contributed by atoms with E-state index >= 15 is 0 Å². The summed E-state index contributed by atoms with van der Waals surface area (Å²) in [6.45, 7) is 1.91. The maximum absolute atomic E-state index is 11.4. The number of carbonyl (C=O) groups excluding carboxylic acids is 1. The average Bonchev–Trinajstić information content (AvgIpc) is 2.20. The lowest BCUT2D eigenvalue weighted by Gasteiger charge is -2.03. The summed E-state index contributed by atoms with van der Waals surface area (Å²) < 4.78 is 46.4. The van der Waals surface area contributed by atoms with Gasteiger partial charge < -0.3 is 4.74 Å². The van der Waals surface area contributed by atoms with Crippen molar-refractivity contribution in [2.45, 2.75) is 19.2 Å². The summed E-state index contributed by atoms with van der Waals surface area (Å²) in [5.74, 6) is -2.80. The number of esters is 1. The van der Waals surface area contributed by atoms with Crippen molar-refractivity contribution >= 4 is 24.1 Å². The van der Waals surface area contributed by atoms with Gasteiger partial charge in [-0.3, -0.25) is 0 Å². The maximum Gasteiger partial charge on any atom is 0.554 e. The summed E-state index contributed by atoms with van der Waals surface area (Å²) in [7, 11) is -5.47. The van der Waals surface area contributed by atoms with Crippen LogP contribution in [0, 0.1) is 0 Å². The lowest BCUT2D eigenvalue weighted by atomic mass is 10.5. The van der Waals surface area contributed by atoms with Crippen molar-refractivity contribution < 1.29 is 31.2 Å². The van der Waals surface area contributed by atoms with Crippen LogP contribution in [-0.4, -0.2) is 40.2 Å². The van der Waals surface area contributed by atoms with E-state index in [1.54, 1.807) is 6.92 Å². The molecule has 0 rings (SSSR count). The van der Waals surface area contributed by atoms with Gasteiger partial charge in [-0.25, -0.2) is 8.98 Å². The minimum atomic E-state index is -3.91. The molecule has 2 atom stereocenters. The van der Waals surface area contributed by atoms with Gasteiger partial charge in [0, 0.05) is 0 Å². The molecule has 0 aromatic rings. The molecule has 0 heterocycles. The highest BCUT2D eigenvalue weighted by molar-refractivity contribution is 7.86. The Bertz CT molecular complexity index is 350. The van der Waals surface area contributed by atoms with Crippen molar-refractivity contribution in [3.05, 3.63) is 0 Å². The van der Waals surface area contributed by atoms with Crippen LogP contribution in [-0.2, 0) is 32.9 Å². The number of hydrogen-bond donors (Lipinski definition) is 0. The molecule has 7 nitrogen and oxygen atoms in total. The molecule has 0 fully saturated rings. The first kappa shape index (κ1) is 15.4. The number of carbonyl (C=O) groups is 1. The molecule has 16 heavy (non-hydrogen) atoms. The second kappa shape index (κ2) is 6.90. The van der Waals surface area contributed by atoms with Gasteiger partial charge in [-0.15, -0.1) is 4.52 Å². The zero-order valence-corrected chi connectivity index (χ0v) is 10.9. The third kappa shape index (κ3) is 6.12. The molecule has 0 aliphatic carbocycles. The quantitative estimate of drug-likeness (QED) is 0.381. The zero-order chi connectivity index (χ0) is 12.8. The minimum absolute atomic E-state index is 0.135. The van der Waals surface area contributed by atoms with Gasteiger partial charge in [0.15, 0.2) is 0 Å². The summed E-state index contributed by atoms with van der Waals surface area (Å²) in [4.78, 5) is 11.1. The Morgan fingerprint density at radius 3 is 2.38 bits per heavy atom. The lowest BCUT2D eigenvalue weighted by molar-refractivity contribution is -0.145. The van der Waals surface area contributed by atoms with Gasteiger partial charge in [-0.1, -0.05) is 6.92 Å². The Kier molecular flexibility index (Phi) is 6.66. The molecular formula is C7H14O7PS+. The van der Waals surface area contributed by atoms with Gasteiger partial charge in [0.05, 0.1) is 13.4 Å². The Morgan fingerprint density at radius 1 is 1.44 bits per heavy atom. The molecule has 0 bridgehead atoms. The van der Waals surface area contributed by atoms with Gasteiger partial charge in [-0.2, -0.15) is 8.42 Å². The molecule has 2 unspecified atom stereocenters. The second-order valence-corrected chi connectivity index (χ2v) is 5.69. The maximum atomic E-state index is 11.4. The third-order valence-electron chi connectivity index (χ3n) is 1.28. The van der Waals surface area contributed by atoms with Crippen molar-refractivity contribution in [2.24, 2.45) is 0 Å². The first-order valence-corrected chi connectivity index (χ1v) is 7.43. The summed E-state index contributed by atoms with van der Waals surface area (Å²) in [5.41, 5.74) is 0. The zero-order valence-electron chi connectivity index (χ0n) is 9.20. The Morgan fingerprint density at radius 2 is 2.00 bits per heavy atom. The molecule has 0 aliphatic heterocycles. The number of hydrogen-bond acceptors (Lipinski definition) is 7. The van der Waals surface area contributed by atoms with E-state index in [0.29, 0.717) is 6.42 Å².